The van der Waals surface area contributed by atoms with Crippen molar-refractivity contribution in [3.63, 3.8) is 0 Å². The minimum atomic E-state index is -1.22. The summed E-state index contributed by atoms with van der Waals surface area (Å²) in [5.74, 6) is 0.563. The Morgan fingerprint density at radius 2 is 1.97 bits per heavy atom. The first kappa shape index (κ1) is 27.3. The average Bonchev–Trinajstić information content (AvgIpc) is 2.88. The Morgan fingerprint density at radius 3 is 2.57 bits per heavy atom. The molecule has 9 heteroatoms. The largest absolute Gasteiger partial charge is 0.486 e. The van der Waals surface area contributed by atoms with Gasteiger partial charge in [0.05, 0.1) is 11.8 Å². The van der Waals surface area contributed by atoms with Crippen molar-refractivity contribution in [1.29, 1.82) is 0 Å². The molecule has 7 nitrogen and oxygen atoms in total. The number of carbonyl (C=O) groups excluding carboxylic acids is 2. The van der Waals surface area contributed by atoms with Crippen molar-refractivity contribution >= 4 is 32.4 Å². The highest BCUT2D eigenvalue weighted by molar-refractivity contribution is 7.83. The molecule has 5 atom stereocenters. The number of allylic oxidation sites excluding steroid dienone is 1. The monoisotopic (exact) mass is 517 g/mol. The van der Waals surface area contributed by atoms with Gasteiger partial charge in [-0.25, -0.2) is 8.51 Å². The van der Waals surface area contributed by atoms with E-state index in [0.717, 1.165) is 55.0 Å². The van der Waals surface area contributed by atoms with Crippen LogP contribution in [0.25, 0.3) is 0 Å². The van der Waals surface area contributed by atoms with Gasteiger partial charge >= 0.3 is 0 Å². The third-order valence-corrected chi connectivity index (χ3v) is 8.96. The van der Waals surface area contributed by atoms with Gasteiger partial charge in [0.1, 0.15) is 29.1 Å². The van der Waals surface area contributed by atoms with Crippen LogP contribution in [0.1, 0.15) is 42.5 Å². The Balaban J connectivity index is 1.69. The fourth-order valence-corrected chi connectivity index (χ4v) is 6.84. The molecule has 0 radical (unpaired) electrons. The van der Waals surface area contributed by atoms with Crippen molar-refractivity contribution in [3.05, 3.63) is 65.1 Å². The first-order valence-corrected chi connectivity index (χ1v) is 13.6. The summed E-state index contributed by atoms with van der Waals surface area (Å²) >= 11 is 0. The van der Waals surface area contributed by atoms with Crippen LogP contribution in [0.2, 0.25) is 0 Å². The van der Waals surface area contributed by atoms with Crippen molar-refractivity contribution < 1.29 is 18.5 Å². The van der Waals surface area contributed by atoms with E-state index in [1.165, 1.54) is 0 Å². The van der Waals surface area contributed by atoms with Crippen LogP contribution in [0.5, 0.6) is 5.75 Å². The van der Waals surface area contributed by atoms with Crippen LogP contribution in [0.3, 0.4) is 0 Å². The Bertz CT molecular complexity index is 1020. The van der Waals surface area contributed by atoms with Crippen LogP contribution in [0.4, 0.5) is 0 Å². The van der Waals surface area contributed by atoms with Gasteiger partial charge in [-0.2, -0.15) is 0 Å². The zero-order valence-corrected chi connectivity index (χ0v) is 22.7. The second-order valence-electron chi connectivity index (χ2n) is 8.88. The Hall–Kier alpha value is -2.28. The lowest BCUT2D eigenvalue weighted by Crippen LogP contribution is -2.42. The second kappa shape index (κ2) is 12.6. The summed E-state index contributed by atoms with van der Waals surface area (Å²) in [6.07, 6.45) is 8.95. The third-order valence-electron chi connectivity index (χ3n) is 6.68. The van der Waals surface area contributed by atoms with Gasteiger partial charge in [0.25, 0.3) is 5.91 Å². The highest BCUT2D eigenvalue weighted by Gasteiger charge is 2.33. The summed E-state index contributed by atoms with van der Waals surface area (Å²) in [5.41, 5.74) is 2.75. The molecule has 1 aromatic rings. The van der Waals surface area contributed by atoms with E-state index in [9.17, 15) is 13.8 Å². The number of amides is 1. The van der Waals surface area contributed by atoms with E-state index >= 15 is 0 Å². The number of carbonyl (C=O) groups is 2. The number of aldehydes is 1. The fraction of sp³-hybridized carbons (Fsp3) is 0.462. The minimum Gasteiger partial charge on any atom is -0.486 e. The Labute approximate surface area is 213 Å². The third kappa shape index (κ3) is 6.49. The molecule has 0 heterocycles. The smallest absolute Gasteiger partial charge is 0.251 e. The van der Waals surface area contributed by atoms with Gasteiger partial charge in [0.15, 0.2) is 0 Å². The highest BCUT2D eigenvalue weighted by Crippen LogP contribution is 2.34. The van der Waals surface area contributed by atoms with Crippen molar-refractivity contribution in [1.82, 2.24) is 14.5 Å². The number of likely N-dealkylation sites (N-methyl/N-ethyl adjacent to an activating group) is 2. The van der Waals surface area contributed by atoms with Crippen LogP contribution >= 0.6 is 9.24 Å². The molecule has 0 saturated carbocycles. The molecule has 2 aliphatic rings. The molecule has 0 saturated heterocycles. The fourth-order valence-electron chi connectivity index (χ4n) is 4.73. The quantitative estimate of drug-likeness (QED) is 0.380. The predicted octanol–water partition coefficient (Wildman–Crippen LogP) is 3.43. The number of hydrogen-bond donors (Lipinski definition) is 1. The predicted molar refractivity (Wildman–Crippen MR) is 145 cm³/mol. The molecule has 190 valence electrons. The number of hydrogen-bond acceptors (Lipinski definition) is 5. The van der Waals surface area contributed by atoms with Crippen molar-refractivity contribution in [2.45, 2.75) is 49.5 Å². The van der Waals surface area contributed by atoms with E-state index in [-0.39, 0.29) is 23.3 Å². The van der Waals surface area contributed by atoms with Crippen LogP contribution in [-0.2, 0) is 15.8 Å². The summed E-state index contributed by atoms with van der Waals surface area (Å²) in [4.78, 5) is 24.7. The van der Waals surface area contributed by atoms with Crippen LogP contribution in [-0.4, -0.2) is 70.7 Å². The van der Waals surface area contributed by atoms with E-state index in [2.05, 4.69) is 21.1 Å². The first-order valence-electron chi connectivity index (χ1n) is 11.9. The zero-order chi connectivity index (χ0) is 25.5. The van der Waals surface area contributed by atoms with E-state index in [4.69, 9.17) is 4.74 Å². The molecule has 0 spiro atoms. The minimum absolute atomic E-state index is 0.000327. The maximum absolute atomic E-state index is 13.6. The highest BCUT2D eigenvalue weighted by atomic mass is 32.2. The number of ether oxygens (including phenoxy) is 1. The molecule has 1 N–H and O–H groups in total. The number of nitrogens with zero attached hydrogens (tertiary/aromatic N) is 2. The van der Waals surface area contributed by atoms with Gasteiger partial charge in [-0.05, 0) is 67.3 Å². The van der Waals surface area contributed by atoms with Gasteiger partial charge in [-0.3, -0.25) is 4.79 Å². The first-order chi connectivity index (χ1) is 16.8. The van der Waals surface area contributed by atoms with E-state index in [1.54, 1.807) is 31.3 Å². The maximum Gasteiger partial charge on any atom is 0.251 e. The molecule has 35 heavy (non-hydrogen) atoms. The zero-order valence-electron chi connectivity index (χ0n) is 20.7. The molecule has 2 aliphatic carbocycles. The standard InChI is InChI=1S/C26H36N3O4PS/c1-5-21-22(28(3)15-16-30)7-6-8-23(21)29(4)35(32)20-13-14-24(25(34)17-20)33-19-11-9-18(10-12-19)26(31)27-2/h5,9-12,16-17,20,23-24H,1,6-8,13-15,34H2,2-4H3,(H,27,31)/t20?,23-,24?,35?/m1/s1. The van der Waals surface area contributed by atoms with E-state index in [0.29, 0.717) is 17.9 Å². The van der Waals surface area contributed by atoms with Crippen LogP contribution < -0.4 is 10.1 Å². The lowest BCUT2D eigenvalue weighted by atomic mass is 9.90. The van der Waals surface area contributed by atoms with Gasteiger partial charge in [0, 0.05) is 38.4 Å². The summed E-state index contributed by atoms with van der Waals surface area (Å²) in [7, 11) is 6.96. The Kier molecular flexibility index (Phi) is 9.84. The number of benzene rings is 1. The molecule has 0 aliphatic heterocycles. The van der Waals surface area contributed by atoms with E-state index < -0.39 is 11.0 Å². The van der Waals surface area contributed by atoms with Gasteiger partial charge in [0.2, 0.25) is 0 Å². The SMILES string of the molecule is C=CC1=C(N(C)CC=O)CCC[C@H]1N(C)S(=O)C1C=C(P)C(Oc2ccc(C(=O)NC)cc2)CC1. The van der Waals surface area contributed by atoms with Crippen molar-refractivity contribution in [3.8, 4) is 5.75 Å². The number of nitrogens with one attached hydrogen (secondary N) is 1. The maximum atomic E-state index is 13.6. The molecule has 4 unspecified atom stereocenters. The lowest BCUT2D eigenvalue weighted by Gasteiger charge is -2.37. The lowest BCUT2D eigenvalue weighted by molar-refractivity contribution is -0.108. The van der Waals surface area contributed by atoms with Gasteiger partial charge < -0.3 is 19.7 Å². The summed E-state index contributed by atoms with van der Waals surface area (Å²) in [5, 5.41) is 3.48. The summed E-state index contributed by atoms with van der Waals surface area (Å²) in [6.45, 7) is 4.35. The number of rotatable bonds is 10. The molecular formula is C26H36N3O4PS. The molecule has 3 rings (SSSR count). The van der Waals surface area contributed by atoms with Gasteiger partial charge in [-0.1, -0.05) is 18.7 Å². The van der Waals surface area contributed by atoms with Crippen molar-refractivity contribution in [2.75, 3.05) is 27.7 Å². The normalized spacial score (nSPS) is 23.3. The second-order valence-corrected chi connectivity index (χ2v) is 11.3. The summed E-state index contributed by atoms with van der Waals surface area (Å²) < 4.78 is 21.7. The molecule has 0 aromatic heterocycles. The van der Waals surface area contributed by atoms with Crippen LogP contribution in [0, 0.1) is 0 Å². The molecular weight excluding hydrogens is 481 g/mol. The Morgan fingerprint density at radius 1 is 1.26 bits per heavy atom. The van der Waals surface area contributed by atoms with Gasteiger partial charge in [-0.15, -0.1) is 9.24 Å². The van der Waals surface area contributed by atoms with Crippen molar-refractivity contribution in [2.24, 2.45) is 0 Å². The summed E-state index contributed by atoms with van der Waals surface area (Å²) in [6, 6.07) is 7.08. The molecule has 0 bridgehead atoms. The molecule has 0 fully saturated rings. The molecule has 1 amide bonds. The topological polar surface area (TPSA) is 79.0 Å². The van der Waals surface area contributed by atoms with E-state index in [1.807, 2.05) is 35.5 Å². The molecule has 1 aromatic carbocycles. The average molecular weight is 518 g/mol. The van der Waals surface area contributed by atoms with Crippen LogP contribution in [0.15, 0.2) is 59.6 Å².